The molecule has 3 rings (SSSR count). The average molecular weight is 393 g/mol. The summed E-state index contributed by atoms with van der Waals surface area (Å²) >= 11 is 12.0. The standard InChI is InChI=1S/C16H10Cl2N4O4/c17-8-1-3-10(11(18)5-8)12-7-14(21-20-12)16(24)19-13-6-9(22(25)26)2-4-15(13)23/h1-7,23H,(H,19,24)(H,20,21). The number of nitro benzene ring substituents is 1. The van der Waals surface area contributed by atoms with Crippen LogP contribution in [0.25, 0.3) is 11.3 Å². The van der Waals surface area contributed by atoms with Crippen LogP contribution in [0.4, 0.5) is 11.4 Å². The number of phenols is 1. The minimum atomic E-state index is -0.635. The third-order valence-corrected chi connectivity index (χ3v) is 4.02. The van der Waals surface area contributed by atoms with Crippen molar-refractivity contribution in [2.75, 3.05) is 5.32 Å². The summed E-state index contributed by atoms with van der Waals surface area (Å²) in [4.78, 5) is 22.5. The lowest BCUT2D eigenvalue weighted by atomic mass is 10.1. The zero-order valence-electron chi connectivity index (χ0n) is 12.9. The number of phenolic OH excluding ortho intramolecular Hbond substituents is 1. The fourth-order valence-corrected chi connectivity index (χ4v) is 2.71. The van der Waals surface area contributed by atoms with Crippen LogP contribution >= 0.6 is 23.2 Å². The number of halogens is 2. The fraction of sp³-hybridized carbons (Fsp3) is 0. The Bertz CT molecular complexity index is 1020. The Balaban J connectivity index is 1.85. The number of nitrogens with one attached hydrogen (secondary N) is 2. The number of benzene rings is 2. The molecule has 8 nitrogen and oxygen atoms in total. The summed E-state index contributed by atoms with van der Waals surface area (Å²) < 4.78 is 0. The van der Waals surface area contributed by atoms with Crippen LogP contribution < -0.4 is 5.32 Å². The number of hydrogen-bond donors (Lipinski definition) is 3. The Morgan fingerprint density at radius 1 is 1.19 bits per heavy atom. The number of aromatic hydroxyl groups is 1. The first-order valence-electron chi connectivity index (χ1n) is 7.15. The van der Waals surface area contributed by atoms with Crippen molar-refractivity contribution in [1.29, 1.82) is 0 Å². The maximum absolute atomic E-state index is 12.3. The topological polar surface area (TPSA) is 121 Å². The molecule has 0 spiro atoms. The van der Waals surface area contributed by atoms with E-state index in [4.69, 9.17) is 23.2 Å². The van der Waals surface area contributed by atoms with Crippen molar-refractivity contribution in [2.24, 2.45) is 0 Å². The summed E-state index contributed by atoms with van der Waals surface area (Å²) in [6.45, 7) is 0. The number of non-ortho nitro benzene ring substituents is 1. The highest BCUT2D eigenvalue weighted by atomic mass is 35.5. The maximum atomic E-state index is 12.3. The van der Waals surface area contributed by atoms with Gasteiger partial charge in [0.15, 0.2) is 0 Å². The van der Waals surface area contributed by atoms with Crippen molar-refractivity contribution < 1.29 is 14.8 Å². The van der Waals surface area contributed by atoms with Gasteiger partial charge >= 0.3 is 0 Å². The quantitative estimate of drug-likeness (QED) is 0.348. The molecule has 0 saturated heterocycles. The molecule has 0 bridgehead atoms. The van der Waals surface area contributed by atoms with Crippen LogP contribution in [-0.4, -0.2) is 26.1 Å². The second-order valence-corrected chi connectivity index (χ2v) is 6.05. The monoisotopic (exact) mass is 392 g/mol. The summed E-state index contributed by atoms with van der Waals surface area (Å²) in [6, 6.07) is 9.61. The zero-order valence-corrected chi connectivity index (χ0v) is 14.4. The molecule has 1 heterocycles. The molecular formula is C16H10Cl2N4O4. The van der Waals surface area contributed by atoms with Gasteiger partial charge < -0.3 is 10.4 Å². The van der Waals surface area contributed by atoms with E-state index in [1.54, 1.807) is 18.2 Å². The van der Waals surface area contributed by atoms with E-state index in [-0.39, 0.29) is 22.8 Å². The summed E-state index contributed by atoms with van der Waals surface area (Å²) in [5.41, 5.74) is 0.711. The lowest BCUT2D eigenvalue weighted by Gasteiger charge is -2.05. The molecule has 1 amide bonds. The van der Waals surface area contributed by atoms with Gasteiger partial charge in [-0.2, -0.15) is 5.10 Å². The van der Waals surface area contributed by atoms with Gasteiger partial charge in [-0.15, -0.1) is 0 Å². The fourth-order valence-electron chi connectivity index (χ4n) is 2.20. The van der Waals surface area contributed by atoms with Gasteiger partial charge in [0.2, 0.25) is 0 Å². The Kier molecular flexibility index (Phi) is 4.79. The number of anilines is 1. The number of aromatic amines is 1. The normalized spacial score (nSPS) is 10.5. The van der Waals surface area contributed by atoms with Gasteiger partial charge in [0.1, 0.15) is 11.4 Å². The molecule has 132 valence electrons. The molecule has 0 aliphatic heterocycles. The number of amides is 1. The van der Waals surface area contributed by atoms with E-state index in [0.29, 0.717) is 21.3 Å². The predicted molar refractivity (Wildman–Crippen MR) is 96.8 cm³/mol. The summed E-state index contributed by atoms with van der Waals surface area (Å²) in [5, 5.41) is 30.4. The average Bonchev–Trinajstić information content (AvgIpc) is 3.06. The van der Waals surface area contributed by atoms with E-state index in [0.717, 1.165) is 18.2 Å². The summed E-state index contributed by atoms with van der Waals surface area (Å²) in [6.07, 6.45) is 0. The highest BCUT2D eigenvalue weighted by Gasteiger charge is 2.16. The number of H-pyrrole nitrogens is 1. The van der Waals surface area contributed by atoms with E-state index >= 15 is 0 Å². The molecule has 10 heteroatoms. The molecule has 3 N–H and O–H groups in total. The van der Waals surface area contributed by atoms with E-state index < -0.39 is 10.8 Å². The number of hydrogen-bond acceptors (Lipinski definition) is 5. The number of nitro groups is 1. The van der Waals surface area contributed by atoms with Crippen LogP contribution in [0.15, 0.2) is 42.5 Å². The molecule has 0 unspecified atom stereocenters. The van der Waals surface area contributed by atoms with Crippen molar-refractivity contribution in [3.63, 3.8) is 0 Å². The second kappa shape index (κ2) is 7.03. The molecule has 1 aromatic heterocycles. The molecule has 26 heavy (non-hydrogen) atoms. The molecular weight excluding hydrogens is 383 g/mol. The van der Waals surface area contributed by atoms with Crippen LogP contribution in [0.1, 0.15) is 10.5 Å². The minimum absolute atomic E-state index is 0.0805. The van der Waals surface area contributed by atoms with Gasteiger partial charge in [-0.25, -0.2) is 0 Å². The van der Waals surface area contributed by atoms with Crippen molar-refractivity contribution in [3.8, 4) is 17.0 Å². The summed E-state index contributed by atoms with van der Waals surface area (Å²) in [7, 11) is 0. The van der Waals surface area contributed by atoms with Crippen LogP contribution in [-0.2, 0) is 0 Å². The van der Waals surface area contributed by atoms with Crippen molar-refractivity contribution in [2.45, 2.75) is 0 Å². The Morgan fingerprint density at radius 2 is 1.96 bits per heavy atom. The van der Waals surface area contributed by atoms with E-state index in [9.17, 15) is 20.0 Å². The van der Waals surface area contributed by atoms with Gasteiger partial charge in [0.05, 0.1) is 21.3 Å². The third kappa shape index (κ3) is 3.61. The lowest BCUT2D eigenvalue weighted by Crippen LogP contribution is -2.12. The number of aromatic nitrogens is 2. The molecule has 0 saturated carbocycles. The van der Waals surface area contributed by atoms with Gasteiger partial charge in [-0.3, -0.25) is 20.0 Å². The highest BCUT2D eigenvalue weighted by molar-refractivity contribution is 6.36. The van der Waals surface area contributed by atoms with E-state index in [2.05, 4.69) is 15.5 Å². The van der Waals surface area contributed by atoms with E-state index in [1.165, 1.54) is 6.07 Å². The van der Waals surface area contributed by atoms with Crippen LogP contribution in [0, 0.1) is 10.1 Å². The van der Waals surface area contributed by atoms with Gasteiger partial charge in [-0.05, 0) is 30.3 Å². The van der Waals surface area contributed by atoms with Gasteiger partial charge in [0.25, 0.3) is 11.6 Å². The van der Waals surface area contributed by atoms with Crippen LogP contribution in [0.3, 0.4) is 0 Å². The maximum Gasteiger partial charge on any atom is 0.273 e. The third-order valence-electron chi connectivity index (χ3n) is 3.47. The van der Waals surface area contributed by atoms with E-state index in [1.807, 2.05) is 0 Å². The molecule has 0 radical (unpaired) electrons. The van der Waals surface area contributed by atoms with Crippen molar-refractivity contribution in [1.82, 2.24) is 10.2 Å². The van der Waals surface area contributed by atoms with Crippen molar-refractivity contribution in [3.05, 3.63) is 68.3 Å². The molecule has 0 fully saturated rings. The largest absolute Gasteiger partial charge is 0.506 e. The van der Waals surface area contributed by atoms with Gasteiger partial charge in [0, 0.05) is 22.7 Å². The molecule has 3 aromatic rings. The molecule has 0 atom stereocenters. The zero-order chi connectivity index (χ0) is 18.8. The first kappa shape index (κ1) is 17.7. The predicted octanol–water partition coefficient (Wildman–Crippen LogP) is 4.25. The Labute approximate surface area is 156 Å². The second-order valence-electron chi connectivity index (χ2n) is 5.20. The Morgan fingerprint density at radius 3 is 2.65 bits per heavy atom. The minimum Gasteiger partial charge on any atom is -0.506 e. The van der Waals surface area contributed by atoms with Crippen molar-refractivity contribution >= 4 is 40.5 Å². The number of rotatable bonds is 4. The summed E-state index contributed by atoms with van der Waals surface area (Å²) in [5.74, 6) is -0.936. The molecule has 0 aliphatic rings. The Hall–Kier alpha value is -3.10. The van der Waals surface area contributed by atoms with Crippen LogP contribution in [0.5, 0.6) is 5.75 Å². The molecule has 0 aliphatic carbocycles. The first-order valence-corrected chi connectivity index (χ1v) is 7.90. The number of nitrogens with zero attached hydrogens (tertiary/aromatic N) is 2. The SMILES string of the molecule is O=C(Nc1cc([N+](=O)[O-])ccc1O)c1cc(-c2ccc(Cl)cc2Cl)n[nH]1. The smallest absolute Gasteiger partial charge is 0.273 e. The highest BCUT2D eigenvalue weighted by Crippen LogP contribution is 2.30. The lowest BCUT2D eigenvalue weighted by molar-refractivity contribution is -0.384. The van der Waals surface area contributed by atoms with Crippen LogP contribution in [0.2, 0.25) is 10.0 Å². The first-order chi connectivity index (χ1) is 12.3. The molecule has 2 aromatic carbocycles. The van der Waals surface area contributed by atoms with Gasteiger partial charge in [-0.1, -0.05) is 23.2 Å². The number of carbonyl (C=O) groups is 1. The number of carbonyl (C=O) groups excluding carboxylic acids is 1.